The zero-order valence-electron chi connectivity index (χ0n) is 16.6. The maximum atomic E-state index is 13.6. The highest BCUT2D eigenvalue weighted by molar-refractivity contribution is 7.03. The predicted molar refractivity (Wildman–Crippen MR) is 115 cm³/mol. The molecule has 156 valence electrons. The monoisotopic (exact) mass is 446 g/mol. The molecule has 3 rings (SSSR count). The number of hydrogen-bond donors (Lipinski definition) is 1. The first-order valence-corrected chi connectivity index (χ1v) is 10.3. The van der Waals surface area contributed by atoms with Crippen LogP contribution in [0.2, 0.25) is 5.02 Å². The average Bonchev–Trinajstić information content (AvgIpc) is 3.21. The Kier molecular flexibility index (Phi) is 6.48. The number of amides is 2. The van der Waals surface area contributed by atoms with Gasteiger partial charge in [-0.15, -0.1) is 5.10 Å². The summed E-state index contributed by atoms with van der Waals surface area (Å²) < 4.78 is 17.3. The Morgan fingerprint density at radius 2 is 1.73 bits per heavy atom. The lowest BCUT2D eigenvalue weighted by atomic mass is 10.0. The van der Waals surface area contributed by atoms with Crippen molar-refractivity contribution >= 4 is 40.6 Å². The fourth-order valence-electron chi connectivity index (χ4n) is 2.87. The number of halogens is 2. The Morgan fingerprint density at radius 1 is 1.10 bits per heavy atom. The van der Waals surface area contributed by atoms with E-state index < -0.39 is 29.2 Å². The summed E-state index contributed by atoms with van der Waals surface area (Å²) in [6.45, 7) is 5.54. The van der Waals surface area contributed by atoms with Crippen molar-refractivity contribution in [1.29, 1.82) is 0 Å². The van der Waals surface area contributed by atoms with E-state index in [0.29, 0.717) is 16.3 Å². The van der Waals surface area contributed by atoms with Crippen molar-refractivity contribution in [2.24, 2.45) is 0 Å². The second-order valence-corrected chi connectivity index (χ2v) is 8.68. The molecule has 0 radical (unpaired) electrons. The van der Waals surface area contributed by atoms with E-state index in [2.05, 4.69) is 14.9 Å². The van der Waals surface area contributed by atoms with Crippen LogP contribution < -0.4 is 10.2 Å². The second-order valence-electron chi connectivity index (χ2n) is 7.64. The van der Waals surface area contributed by atoms with E-state index in [4.69, 9.17) is 11.6 Å². The van der Waals surface area contributed by atoms with Crippen LogP contribution in [0.25, 0.3) is 0 Å². The number of nitrogens with one attached hydrogen (secondary N) is 1. The molecule has 0 saturated carbocycles. The van der Waals surface area contributed by atoms with E-state index in [1.807, 2.05) is 20.8 Å². The van der Waals surface area contributed by atoms with Crippen LogP contribution in [-0.4, -0.2) is 26.9 Å². The largest absolute Gasteiger partial charge is 0.349 e. The smallest absolute Gasteiger partial charge is 0.280 e. The first-order valence-electron chi connectivity index (χ1n) is 9.09. The zero-order chi connectivity index (χ0) is 21.9. The summed E-state index contributed by atoms with van der Waals surface area (Å²) in [6, 6.07) is 11.0. The molecular formula is C21H20ClFN4O2S. The maximum Gasteiger partial charge on any atom is 0.280 e. The van der Waals surface area contributed by atoms with Crippen LogP contribution in [0.3, 0.4) is 0 Å². The topological polar surface area (TPSA) is 75.2 Å². The van der Waals surface area contributed by atoms with Gasteiger partial charge in [-0.1, -0.05) is 28.2 Å². The number of carbonyl (C=O) groups is 2. The summed E-state index contributed by atoms with van der Waals surface area (Å²) in [5.74, 6) is -1.38. The van der Waals surface area contributed by atoms with Gasteiger partial charge in [0, 0.05) is 21.6 Å². The molecular weight excluding hydrogens is 427 g/mol. The molecule has 9 heteroatoms. The third-order valence-corrected chi connectivity index (χ3v) is 4.85. The highest BCUT2D eigenvalue weighted by atomic mass is 35.5. The van der Waals surface area contributed by atoms with Crippen LogP contribution >= 0.6 is 23.1 Å². The van der Waals surface area contributed by atoms with Crippen LogP contribution in [0, 0.1) is 5.82 Å². The first-order chi connectivity index (χ1) is 14.2. The Labute approximate surface area is 182 Å². The molecule has 1 heterocycles. The SMILES string of the molecule is CC(C)(C)NC(=O)[C@H](c1ccc(Cl)cc1)N(C(=O)c1csnn1)c1ccc(F)cc1. The number of nitrogens with zero attached hydrogens (tertiary/aromatic N) is 3. The van der Waals surface area contributed by atoms with Gasteiger partial charge in [-0.2, -0.15) is 0 Å². The highest BCUT2D eigenvalue weighted by Crippen LogP contribution is 2.31. The molecule has 2 aromatic carbocycles. The number of rotatable bonds is 5. The lowest BCUT2D eigenvalue weighted by Crippen LogP contribution is -2.49. The number of anilines is 1. The van der Waals surface area contributed by atoms with Crippen molar-refractivity contribution in [1.82, 2.24) is 14.9 Å². The first kappa shape index (κ1) is 21.9. The zero-order valence-corrected chi connectivity index (χ0v) is 18.2. The van der Waals surface area contributed by atoms with E-state index >= 15 is 0 Å². The van der Waals surface area contributed by atoms with Gasteiger partial charge in [0.1, 0.15) is 11.9 Å². The van der Waals surface area contributed by atoms with Crippen molar-refractivity contribution in [3.05, 3.63) is 76.0 Å². The average molecular weight is 447 g/mol. The third-order valence-electron chi connectivity index (χ3n) is 4.09. The molecule has 0 aliphatic rings. The van der Waals surface area contributed by atoms with Gasteiger partial charge in [-0.25, -0.2) is 4.39 Å². The quantitative estimate of drug-likeness (QED) is 0.619. The van der Waals surface area contributed by atoms with E-state index in [9.17, 15) is 14.0 Å². The molecule has 6 nitrogen and oxygen atoms in total. The van der Waals surface area contributed by atoms with Gasteiger partial charge in [-0.05, 0) is 74.3 Å². The lowest BCUT2D eigenvalue weighted by Gasteiger charge is -2.33. The van der Waals surface area contributed by atoms with Crippen molar-refractivity contribution in [2.75, 3.05) is 4.90 Å². The summed E-state index contributed by atoms with van der Waals surface area (Å²) in [5.41, 5.74) is 0.439. The number of aromatic nitrogens is 2. The van der Waals surface area contributed by atoms with Crippen molar-refractivity contribution < 1.29 is 14.0 Å². The molecule has 0 saturated heterocycles. The van der Waals surface area contributed by atoms with Gasteiger partial charge in [0.2, 0.25) is 5.91 Å². The molecule has 0 aliphatic heterocycles. The standard InChI is InChI=1S/C21H20ClFN4O2S/c1-21(2,3)24-19(28)18(13-4-6-14(22)7-5-13)27(16-10-8-15(23)9-11-16)20(29)17-12-30-26-25-17/h4-12,18H,1-3H3,(H,24,28)/t18-/m0/s1. The number of carbonyl (C=O) groups excluding carboxylic acids is 2. The van der Waals surface area contributed by atoms with Crippen LogP contribution in [0.4, 0.5) is 10.1 Å². The fraction of sp³-hybridized carbons (Fsp3) is 0.238. The van der Waals surface area contributed by atoms with Gasteiger partial charge in [-0.3, -0.25) is 14.5 Å². The Morgan fingerprint density at radius 3 is 2.27 bits per heavy atom. The summed E-state index contributed by atoms with van der Waals surface area (Å²) >= 11 is 7.04. The van der Waals surface area contributed by atoms with Crippen molar-refractivity contribution in [2.45, 2.75) is 32.4 Å². The van der Waals surface area contributed by atoms with E-state index in [0.717, 1.165) is 11.5 Å². The maximum absolute atomic E-state index is 13.6. The molecule has 2 amide bonds. The van der Waals surface area contributed by atoms with Crippen molar-refractivity contribution in [3.63, 3.8) is 0 Å². The minimum Gasteiger partial charge on any atom is -0.349 e. The number of benzene rings is 2. The molecule has 1 N–H and O–H groups in total. The molecule has 1 aromatic heterocycles. The molecule has 0 unspecified atom stereocenters. The normalized spacial score (nSPS) is 12.3. The fourth-order valence-corrected chi connectivity index (χ4v) is 3.42. The van der Waals surface area contributed by atoms with Gasteiger partial charge in [0.05, 0.1) is 0 Å². The van der Waals surface area contributed by atoms with Gasteiger partial charge < -0.3 is 5.32 Å². The van der Waals surface area contributed by atoms with Crippen molar-refractivity contribution in [3.8, 4) is 0 Å². The Hall–Kier alpha value is -2.84. The molecule has 0 bridgehead atoms. The summed E-state index contributed by atoms with van der Waals surface area (Å²) in [4.78, 5) is 28.0. The highest BCUT2D eigenvalue weighted by Gasteiger charge is 2.35. The molecule has 0 spiro atoms. The van der Waals surface area contributed by atoms with Crippen LogP contribution in [0.15, 0.2) is 53.9 Å². The summed E-state index contributed by atoms with van der Waals surface area (Å²) in [6.07, 6.45) is 0. The van der Waals surface area contributed by atoms with E-state index in [1.165, 1.54) is 34.5 Å². The minimum atomic E-state index is -1.04. The molecule has 0 fully saturated rings. The minimum absolute atomic E-state index is 0.0897. The van der Waals surface area contributed by atoms with Crippen LogP contribution in [0.1, 0.15) is 42.9 Å². The molecule has 30 heavy (non-hydrogen) atoms. The molecule has 0 aliphatic carbocycles. The predicted octanol–water partition coefficient (Wildman–Crippen LogP) is 4.63. The summed E-state index contributed by atoms with van der Waals surface area (Å²) in [5, 5.41) is 8.77. The number of hydrogen-bond acceptors (Lipinski definition) is 5. The second kappa shape index (κ2) is 8.89. The third kappa shape index (κ3) is 5.20. The lowest BCUT2D eigenvalue weighted by molar-refractivity contribution is -0.123. The molecule has 3 aromatic rings. The molecule has 1 atom stereocenters. The van der Waals surface area contributed by atoms with Gasteiger partial charge in [0.15, 0.2) is 5.69 Å². The Bertz CT molecular complexity index is 1020. The Balaban J connectivity index is 2.16. The summed E-state index contributed by atoms with van der Waals surface area (Å²) in [7, 11) is 0. The van der Waals surface area contributed by atoms with Gasteiger partial charge in [0.25, 0.3) is 5.91 Å². The van der Waals surface area contributed by atoms with Crippen LogP contribution in [-0.2, 0) is 4.79 Å². The van der Waals surface area contributed by atoms with Gasteiger partial charge >= 0.3 is 0 Å². The van der Waals surface area contributed by atoms with E-state index in [-0.39, 0.29) is 5.69 Å². The van der Waals surface area contributed by atoms with Crippen LogP contribution in [0.5, 0.6) is 0 Å². The van der Waals surface area contributed by atoms with E-state index in [1.54, 1.807) is 24.3 Å².